The highest BCUT2D eigenvalue weighted by Crippen LogP contribution is 2.13. The molecule has 2 rings (SSSR count). The standard InChI is InChI=1S/C16H18N2O/c1-12-6-5-9-14(10-12)18-15(16(17)19)11-13-7-3-2-4-8-13/h2-10,15,18H,11H2,1H3,(H2,17,19). The summed E-state index contributed by atoms with van der Waals surface area (Å²) in [4.78, 5) is 11.6. The van der Waals surface area contributed by atoms with Crippen molar-refractivity contribution in [2.75, 3.05) is 5.32 Å². The molecule has 3 N–H and O–H groups in total. The summed E-state index contributed by atoms with van der Waals surface area (Å²) in [6.45, 7) is 2.02. The van der Waals surface area contributed by atoms with Gasteiger partial charge in [0.1, 0.15) is 6.04 Å². The minimum atomic E-state index is -0.399. The average molecular weight is 254 g/mol. The van der Waals surface area contributed by atoms with Crippen molar-refractivity contribution in [2.45, 2.75) is 19.4 Å². The van der Waals surface area contributed by atoms with Gasteiger partial charge in [-0.3, -0.25) is 4.79 Å². The molecular weight excluding hydrogens is 236 g/mol. The zero-order chi connectivity index (χ0) is 13.7. The van der Waals surface area contributed by atoms with Gasteiger partial charge in [-0.05, 0) is 30.2 Å². The maximum atomic E-state index is 11.6. The van der Waals surface area contributed by atoms with Crippen LogP contribution in [0.25, 0.3) is 0 Å². The zero-order valence-corrected chi connectivity index (χ0v) is 11.0. The molecule has 0 aromatic heterocycles. The van der Waals surface area contributed by atoms with Gasteiger partial charge in [-0.25, -0.2) is 0 Å². The number of amides is 1. The van der Waals surface area contributed by atoms with Gasteiger partial charge in [-0.1, -0.05) is 42.5 Å². The number of primary amides is 1. The van der Waals surface area contributed by atoms with Crippen molar-refractivity contribution in [1.29, 1.82) is 0 Å². The first-order valence-electron chi connectivity index (χ1n) is 6.31. The number of benzene rings is 2. The van der Waals surface area contributed by atoms with Gasteiger partial charge in [0, 0.05) is 12.1 Å². The van der Waals surface area contributed by atoms with Gasteiger partial charge in [-0.15, -0.1) is 0 Å². The van der Waals surface area contributed by atoms with Gasteiger partial charge in [-0.2, -0.15) is 0 Å². The Hall–Kier alpha value is -2.29. The third-order valence-corrected chi connectivity index (χ3v) is 2.99. The van der Waals surface area contributed by atoms with E-state index in [9.17, 15) is 4.79 Å². The smallest absolute Gasteiger partial charge is 0.240 e. The summed E-state index contributed by atoms with van der Waals surface area (Å²) in [7, 11) is 0. The van der Waals surface area contributed by atoms with E-state index in [1.165, 1.54) is 0 Å². The number of rotatable bonds is 5. The summed E-state index contributed by atoms with van der Waals surface area (Å²) in [6.07, 6.45) is 0.587. The molecule has 3 nitrogen and oxygen atoms in total. The third kappa shape index (κ3) is 3.85. The molecule has 0 radical (unpaired) electrons. The maximum absolute atomic E-state index is 11.6. The summed E-state index contributed by atoms with van der Waals surface area (Å²) < 4.78 is 0. The molecule has 0 bridgehead atoms. The van der Waals surface area contributed by atoms with E-state index in [2.05, 4.69) is 5.32 Å². The van der Waals surface area contributed by atoms with Crippen LogP contribution in [0, 0.1) is 6.92 Å². The van der Waals surface area contributed by atoms with Gasteiger partial charge < -0.3 is 11.1 Å². The molecular formula is C16H18N2O. The number of hydrogen-bond acceptors (Lipinski definition) is 2. The van der Waals surface area contributed by atoms with Crippen LogP contribution in [0.1, 0.15) is 11.1 Å². The minimum absolute atomic E-state index is 0.342. The van der Waals surface area contributed by atoms with E-state index in [-0.39, 0.29) is 5.91 Å². The van der Waals surface area contributed by atoms with Crippen molar-refractivity contribution in [3.8, 4) is 0 Å². The lowest BCUT2D eigenvalue weighted by atomic mass is 10.0. The molecule has 19 heavy (non-hydrogen) atoms. The topological polar surface area (TPSA) is 55.1 Å². The Morgan fingerprint density at radius 1 is 1.16 bits per heavy atom. The fraction of sp³-hybridized carbons (Fsp3) is 0.188. The van der Waals surface area contributed by atoms with Crippen molar-refractivity contribution in [3.05, 3.63) is 65.7 Å². The molecule has 0 saturated carbocycles. The first-order chi connectivity index (χ1) is 9.15. The van der Waals surface area contributed by atoms with Crippen LogP contribution in [0.4, 0.5) is 5.69 Å². The normalized spacial score (nSPS) is 11.8. The molecule has 0 aliphatic rings. The summed E-state index contributed by atoms with van der Waals surface area (Å²) in [5.41, 5.74) is 8.62. The molecule has 0 aliphatic heterocycles. The molecule has 2 aromatic carbocycles. The zero-order valence-electron chi connectivity index (χ0n) is 11.0. The van der Waals surface area contributed by atoms with Crippen LogP contribution in [0.3, 0.4) is 0 Å². The van der Waals surface area contributed by atoms with Crippen molar-refractivity contribution in [2.24, 2.45) is 5.73 Å². The molecule has 98 valence electrons. The van der Waals surface area contributed by atoms with Crippen LogP contribution < -0.4 is 11.1 Å². The number of aryl methyl sites for hydroxylation is 1. The largest absolute Gasteiger partial charge is 0.373 e. The predicted molar refractivity (Wildman–Crippen MR) is 77.9 cm³/mol. The van der Waals surface area contributed by atoms with E-state index in [1.807, 2.05) is 61.5 Å². The monoisotopic (exact) mass is 254 g/mol. The lowest BCUT2D eigenvalue weighted by molar-refractivity contribution is -0.118. The number of nitrogens with one attached hydrogen (secondary N) is 1. The number of hydrogen-bond donors (Lipinski definition) is 2. The Bertz CT molecular complexity index is 552. The Balaban J connectivity index is 2.11. The molecule has 1 amide bonds. The van der Waals surface area contributed by atoms with Gasteiger partial charge in [0.25, 0.3) is 0 Å². The molecule has 1 atom stereocenters. The highest BCUT2D eigenvalue weighted by atomic mass is 16.1. The molecule has 1 unspecified atom stereocenters. The maximum Gasteiger partial charge on any atom is 0.240 e. The highest BCUT2D eigenvalue weighted by Gasteiger charge is 2.15. The van der Waals surface area contributed by atoms with Gasteiger partial charge in [0.15, 0.2) is 0 Å². The molecule has 3 heteroatoms. The molecule has 0 heterocycles. The van der Waals surface area contributed by atoms with Gasteiger partial charge >= 0.3 is 0 Å². The fourth-order valence-electron chi connectivity index (χ4n) is 2.01. The van der Waals surface area contributed by atoms with E-state index < -0.39 is 6.04 Å². The van der Waals surface area contributed by atoms with E-state index in [4.69, 9.17) is 5.73 Å². The van der Waals surface area contributed by atoms with Crippen molar-refractivity contribution in [1.82, 2.24) is 0 Å². The van der Waals surface area contributed by atoms with Crippen LogP contribution in [0.5, 0.6) is 0 Å². The SMILES string of the molecule is Cc1cccc(NC(Cc2ccccc2)C(N)=O)c1. The van der Waals surface area contributed by atoms with Crippen LogP contribution >= 0.6 is 0 Å². The highest BCUT2D eigenvalue weighted by molar-refractivity contribution is 5.83. The second-order valence-corrected chi connectivity index (χ2v) is 4.66. The van der Waals surface area contributed by atoms with Crippen LogP contribution in [0.2, 0.25) is 0 Å². The van der Waals surface area contributed by atoms with Crippen molar-refractivity contribution < 1.29 is 4.79 Å². The lowest BCUT2D eigenvalue weighted by Gasteiger charge is -2.17. The summed E-state index contributed by atoms with van der Waals surface area (Å²) in [6, 6.07) is 17.4. The average Bonchev–Trinajstić information content (AvgIpc) is 2.39. The number of carbonyl (C=O) groups is 1. The molecule has 0 saturated heterocycles. The second-order valence-electron chi connectivity index (χ2n) is 4.66. The first kappa shape index (κ1) is 13.1. The van der Waals surface area contributed by atoms with Gasteiger partial charge in [0.2, 0.25) is 5.91 Å². The molecule has 2 aromatic rings. The van der Waals surface area contributed by atoms with Crippen molar-refractivity contribution >= 4 is 11.6 Å². The second kappa shape index (κ2) is 6.05. The van der Waals surface area contributed by atoms with Crippen LogP contribution in [-0.2, 0) is 11.2 Å². The third-order valence-electron chi connectivity index (χ3n) is 2.99. The van der Waals surface area contributed by atoms with E-state index in [0.29, 0.717) is 6.42 Å². The number of anilines is 1. The minimum Gasteiger partial charge on any atom is -0.373 e. The Kier molecular flexibility index (Phi) is 4.18. The van der Waals surface area contributed by atoms with Crippen LogP contribution in [0.15, 0.2) is 54.6 Å². The summed E-state index contributed by atoms with van der Waals surface area (Å²) >= 11 is 0. The van der Waals surface area contributed by atoms with Crippen LogP contribution in [-0.4, -0.2) is 11.9 Å². The first-order valence-corrected chi connectivity index (χ1v) is 6.31. The van der Waals surface area contributed by atoms with E-state index in [0.717, 1.165) is 16.8 Å². The Morgan fingerprint density at radius 3 is 2.53 bits per heavy atom. The summed E-state index contributed by atoms with van der Waals surface area (Å²) in [5.74, 6) is -0.342. The predicted octanol–water partition coefficient (Wildman–Crippen LogP) is 2.50. The number of carbonyl (C=O) groups excluding carboxylic acids is 1. The Morgan fingerprint density at radius 2 is 1.89 bits per heavy atom. The Labute approximate surface area is 113 Å². The fourth-order valence-corrected chi connectivity index (χ4v) is 2.01. The quantitative estimate of drug-likeness (QED) is 0.861. The molecule has 0 fully saturated rings. The van der Waals surface area contributed by atoms with E-state index >= 15 is 0 Å². The van der Waals surface area contributed by atoms with Gasteiger partial charge in [0.05, 0.1) is 0 Å². The molecule has 0 spiro atoms. The van der Waals surface area contributed by atoms with E-state index in [1.54, 1.807) is 0 Å². The molecule has 0 aliphatic carbocycles. The number of nitrogens with two attached hydrogens (primary N) is 1. The summed E-state index contributed by atoms with van der Waals surface area (Å²) in [5, 5.41) is 3.19. The van der Waals surface area contributed by atoms with Crippen molar-refractivity contribution in [3.63, 3.8) is 0 Å². The lowest BCUT2D eigenvalue weighted by Crippen LogP contribution is -2.37.